The molecule has 5 heteroatoms. The van der Waals surface area contributed by atoms with Crippen molar-refractivity contribution in [2.45, 2.75) is 18.4 Å². The molecule has 0 spiro atoms. The Hall–Kier alpha value is -1.85. The largest absolute Gasteiger partial charge is 0.387 e. The van der Waals surface area contributed by atoms with Crippen molar-refractivity contribution in [3.8, 4) is 0 Å². The summed E-state index contributed by atoms with van der Waals surface area (Å²) in [5, 5.41) is 2.94. The molecular formula is C16H20N2O2S. The molecule has 0 saturated carbocycles. The highest BCUT2D eigenvalue weighted by Crippen LogP contribution is 2.25. The van der Waals surface area contributed by atoms with Gasteiger partial charge in [-0.3, -0.25) is 0 Å². The van der Waals surface area contributed by atoms with E-state index in [1.54, 1.807) is 25.2 Å². The van der Waals surface area contributed by atoms with Gasteiger partial charge in [0, 0.05) is 20.1 Å². The van der Waals surface area contributed by atoms with Crippen LogP contribution in [0.1, 0.15) is 12.5 Å². The summed E-state index contributed by atoms with van der Waals surface area (Å²) in [4.78, 5) is 0.310. The lowest BCUT2D eigenvalue weighted by Crippen LogP contribution is -2.30. The Morgan fingerprint density at radius 2 is 1.62 bits per heavy atom. The van der Waals surface area contributed by atoms with Gasteiger partial charge in [0.15, 0.2) is 0 Å². The number of hydrogen-bond acceptors (Lipinski definition) is 3. The minimum Gasteiger partial charge on any atom is -0.387 e. The molecular weight excluding hydrogens is 284 g/mol. The molecule has 0 aromatic heterocycles. The second-order valence-corrected chi connectivity index (χ2v) is 6.57. The Labute approximate surface area is 126 Å². The molecule has 0 heterocycles. The van der Waals surface area contributed by atoms with Crippen LogP contribution in [0.15, 0.2) is 59.5 Å². The maximum atomic E-state index is 12.8. The third-order valence-electron chi connectivity index (χ3n) is 3.33. The van der Waals surface area contributed by atoms with Crippen LogP contribution < -0.4 is 5.32 Å². The maximum absolute atomic E-state index is 12.8. The minimum atomic E-state index is -3.52. The van der Waals surface area contributed by atoms with Crippen LogP contribution in [0.25, 0.3) is 0 Å². The van der Waals surface area contributed by atoms with Crippen LogP contribution in [0.5, 0.6) is 0 Å². The van der Waals surface area contributed by atoms with Gasteiger partial charge in [-0.1, -0.05) is 49.4 Å². The highest BCUT2D eigenvalue weighted by atomic mass is 32.2. The average Bonchev–Trinajstić information content (AvgIpc) is 2.53. The summed E-state index contributed by atoms with van der Waals surface area (Å²) in [7, 11) is -1.80. The van der Waals surface area contributed by atoms with Gasteiger partial charge in [0.25, 0.3) is 0 Å². The minimum absolute atomic E-state index is 0.310. The molecule has 0 aliphatic carbocycles. The van der Waals surface area contributed by atoms with Gasteiger partial charge in [-0.15, -0.1) is 0 Å². The van der Waals surface area contributed by atoms with E-state index < -0.39 is 10.0 Å². The summed E-state index contributed by atoms with van der Waals surface area (Å²) in [6, 6.07) is 16.6. The molecule has 2 rings (SSSR count). The van der Waals surface area contributed by atoms with Crippen LogP contribution in [0.4, 0.5) is 5.69 Å². The van der Waals surface area contributed by atoms with Gasteiger partial charge < -0.3 is 5.32 Å². The summed E-state index contributed by atoms with van der Waals surface area (Å²) in [5.74, 6) is 0. The maximum Gasteiger partial charge on any atom is 0.245 e. The topological polar surface area (TPSA) is 49.4 Å². The Kier molecular flexibility index (Phi) is 4.98. The number of sulfonamides is 1. The smallest absolute Gasteiger partial charge is 0.245 e. The lowest BCUT2D eigenvalue weighted by molar-refractivity contribution is 0.423. The number of hydrogen-bond donors (Lipinski definition) is 1. The first kappa shape index (κ1) is 15.5. The number of benzene rings is 2. The van der Waals surface area contributed by atoms with E-state index in [1.165, 1.54) is 4.31 Å². The molecule has 0 unspecified atom stereocenters. The molecule has 2 aromatic carbocycles. The van der Waals surface area contributed by atoms with Gasteiger partial charge in [-0.05, 0) is 17.7 Å². The number of para-hydroxylation sites is 1. The standard InChI is InChI=1S/C16H20N2O2S/c1-3-18(13-14-9-5-4-6-10-14)21(19,20)16-12-8-7-11-15(16)17-2/h4-12,17H,3,13H2,1-2H3. The van der Waals surface area contributed by atoms with Crippen molar-refractivity contribution in [3.63, 3.8) is 0 Å². The van der Waals surface area contributed by atoms with E-state index in [4.69, 9.17) is 0 Å². The number of nitrogens with zero attached hydrogens (tertiary/aromatic N) is 1. The molecule has 0 saturated heterocycles. The molecule has 0 atom stereocenters. The zero-order valence-corrected chi connectivity index (χ0v) is 13.1. The fourth-order valence-corrected chi connectivity index (χ4v) is 3.83. The molecule has 2 aromatic rings. The van der Waals surface area contributed by atoms with Crippen LogP contribution in [0.2, 0.25) is 0 Å². The Morgan fingerprint density at radius 3 is 2.24 bits per heavy atom. The van der Waals surface area contributed by atoms with Crippen molar-refractivity contribution in [3.05, 3.63) is 60.2 Å². The fraction of sp³-hybridized carbons (Fsp3) is 0.250. The first-order valence-electron chi connectivity index (χ1n) is 6.90. The molecule has 21 heavy (non-hydrogen) atoms. The molecule has 0 radical (unpaired) electrons. The lowest BCUT2D eigenvalue weighted by Gasteiger charge is -2.22. The summed E-state index contributed by atoms with van der Waals surface area (Å²) in [6.07, 6.45) is 0. The number of anilines is 1. The van der Waals surface area contributed by atoms with Crippen LogP contribution >= 0.6 is 0 Å². The third-order valence-corrected chi connectivity index (χ3v) is 5.31. The van der Waals surface area contributed by atoms with Crippen molar-refractivity contribution in [2.75, 3.05) is 18.9 Å². The van der Waals surface area contributed by atoms with E-state index in [1.807, 2.05) is 43.3 Å². The summed E-state index contributed by atoms with van der Waals surface area (Å²) in [5.41, 5.74) is 1.59. The highest BCUT2D eigenvalue weighted by Gasteiger charge is 2.25. The number of rotatable bonds is 6. The van der Waals surface area contributed by atoms with E-state index in [0.29, 0.717) is 23.7 Å². The molecule has 0 bridgehead atoms. The van der Waals surface area contributed by atoms with Crippen LogP contribution in [-0.4, -0.2) is 26.3 Å². The van der Waals surface area contributed by atoms with E-state index in [2.05, 4.69) is 5.32 Å². The molecule has 4 nitrogen and oxygen atoms in total. The average molecular weight is 304 g/mol. The first-order chi connectivity index (χ1) is 10.1. The van der Waals surface area contributed by atoms with E-state index in [-0.39, 0.29) is 0 Å². The second kappa shape index (κ2) is 6.74. The first-order valence-corrected chi connectivity index (χ1v) is 8.34. The van der Waals surface area contributed by atoms with E-state index in [9.17, 15) is 8.42 Å². The van der Waals surface area contributed by atoms with Gasteiger partial charge in [-0.2, -0.15) is 4.31 Å². The molecule has 112 valence electrons. The van der Waals surface area contributed by atoms with Crippen molar-refractivity contribution < 1.29 is 8.42 Å². The predicted molar refractivity (Wildman–Crippen MR) is 85.7 cm³/mol. The second-order valence-electron chi connectivity index (χ2n) is 4.66. The van der Waals surface area contributed by atoms with Crippen molar-refractivity contribution in [2.24, 2.45) is 0 Å². The Morgan fingerprint density at radius 1 is 1.00 bits per heavy atom. The lowest BCUT2D eigenvalue weighted by atomic mass is 10.2. The summed E-state index contributed by atoms with van der Waals surface area (Å²) in [6.45, 7) is 2.65. The van der Waals surface area contributed by atoms with Gasteiger partial charge in [0.05, 0.1) is 5.69 Å². The van der Waals surface area contributed by atoms with Gasteiger partial charge >= 0.3 is 0 Å². The molecule has 0 aliphatic rings. The number of nitrogens with one attached hydrogen (secondary N) is 1. The van der Waals surface area contributed by atoms with Crippen LogP contribution in [0.3, 0.4) is 0 Å². The zero-order chi connectivity index (χ0) is 15.3. The molecule has 0 aliphatic heterocycles. The normalized spacial score (nSPS) is 11.6. The van der Waals surface area contributed by atoms with Gasteiger partial charge in [0.1, 0.15) is 4.90 Å². The van der Waals surface area contributed by atoms with Gasteiger partial charge in [0.2, 0.25) is 10.0 Å². The SMILES string of the molecule is CCN(Cc1ccccc1)S(=O)(=O)c1ccccc1NC. The third kappa shape index (κ3) is 3.43. The highest BCUT2D eigenvalue weighted by molar-refractivity contribution is 7.89. The van der Waals surface area contributed by atoms with Crippen molar-refractivity contribution >= 4 is 15.7 Å². The Bertz CT molecular complexity index is 684. The quantitative estimate of drug-likeness (QED) is 0.892. The monoisotopic (exact) mass is 304 g/mol. The van der Waals surface area contributed by atoms with Crippen LogP contribution in [0, 0.1) is 0 Å². The summed E-state index contributed by atoms with van der Waals surface area (Å²) < 4.78 is 27.2. The van der Waals surface area contributed by atoms with E-state index in [0.717, 1.165) is 5.56 Å². The molecule has 0 fully saturated rings. The molecule has 0 amide bonds. The fourth-order valence-electron chi connectivity index (χ4n) is 2.19. The van der Waals surface area contributed by atoms with Crippen LogP contribution in [-0.2, 0) is 16.6 Å². The predicted octanol–water partition coefficient (Wildman–Crippen LogP) is 2.94. The van der Waals surface area contributed by atoms with Gasteiger partial charge in [-0.25, -0.2) is 8.42 Å². The van der Waals surface area contributed by atoms with Crippen molar-refractivity contribution in [1.29, 1.82) is 0 Å². The van der Waals surface area contributed by atoms with E-state index >= 15 is 0 Å². The zero-order valence-electron chi connectivity index (χ0n) is 12.3. The Balaban J connectivity index is 2.36. The molecule has 1 N–H and O–H groups in total. The summed E-state index contributed by atoms with van der Waals surface area (Å²) >= 11 is 0. The van der Waals surface area contributed by atoms with Crippen molar-refractivity contribution in [1.82, 2.24) is 4.31 Å².